The Morgan fingerprint density at radius 3 is 2.56 bits per heavy atom. The van der Waals surface area contributed by atoms with Gasteiger partial charge in [-0.3, -0.25) is 0 Å². The molecule has 0 bridgehead atoms. The Morgan fingerprint density at radius 1 is 1.22 bits per heavy atom. The second kappa shape index (κ2) is 8.31. The number of unbranched alkanes of at least 4 members (excludes halogenated alkanes) is 3. The molecule has 1 N–H and O–H groups in total. The highest BCUT2D eigenvalue weighted by molar-refractivity contribution is 7.80. The lowest BCUT2D eigenvalue weighted by atomic mass is 10.2. The van der Waals surface area contributed by atoms with E-state index < -0.39 is 0 Å². The predicted molar refractivity (Wildman–Crippen MR) is 46.0 cm³/mol. The summed E-state index contributed by atoms with van der Waals surface area (Å²) in [6, 6.07) is 0. The highest BCUT2D eigenvalue weighted by Crippen LogP contribution is 1.96. The van der Waals surface area contributed by atoms with Gasteiger partial charge in [0.05, 0.1) is 0 Å². The van der Waals surface area contributed by atoms with Crippen molar-refractivity contribution < 1.29 is 0 Å². The average molecular weight is 147 g/mol. The van der Waals surface area contributed by atoms with Crippen molar-refractivity contribution in [2.75, 3.05) is 12.4 Å². The number of hydrogen-bond donors (Lipinski definition) is 2. The zero-order chi connectivity index (χ0) is 6.95. The Hall–Kier alpha value is 0.310. The molecule has 0 amide bonds. The molecule has 9 heavy (non-hydrogen) atoms. The molecular formula is C7H17NS. The summed E-state index contributed by atoms with van der Waals surface area (Å²) in [6.07, 6.45) is 5.35. The van der Waals surface area contributed by atoms with Crippen LogP contribution in [0.15, 0.2) is 0 Å². The Labute approximate surface area is 63.6 Å². The van der Waals surface area contributed by atoms with E-state index in [0.29, 0.717) is 0 Å². The molecule has 0 aliphatic carbocycles. The summed E-state index contributed by atoms with van der Waals surface area (Å²) in [5.74, 6) is 0.812. The lowest BCUT2D eigenvalue weighted by Crippen LogP contribution is -2.12. The highest BCUT2D eigenvalue weighted by atomic mass is 32.1. The average Bonchev–Trinajstić information content (AvgIpc) is 1.89. The van der Waals surface area contributed by atoms with E-state index in [0.717, 1.165) is 12.4 Å². The smallest absolute Gasteiger partial charge is 0.0387 e. The molecule has 0 atom stereocenters. The standard InChI is InChI=1S/C7H17NS/c1-2-3-4-5-6-8-7-9/h8-9H,2-7H2,1H3. The SMILES string of the molecule is CCCCCCNCS. The predicted octanol–water partition coefficient (Wildman–Crippen LogP) is 2.04. The number of thiol groups is 1. The fraction of sp³-hybridized carbons (Fsp3) is 1.00. The van der Waals surface area contributed by atoms with Crippen LogP contribution >= 0.6 is 12.6 Å². The topological polar surface area (TPSA) is 12.0 Å². The van der Waals surface area contributed by atoms with Gasteiger partial charge in [0.25, 0.3) is 0 Å². The first-order valence-electron chi connectivity index (χ1n) is 3.73. The summed E-state index contributed by atoms with van der Waals surface area (Å²) in [5.41, 5.74) is 0. The molecule has 0 saturated carbocycles. The summed E-state index contributed by atoms with van der Waals surface area (Å²) in [7, 11) is 0. The Balaban J connectivity index is 2.60. The maximum absolute atomic E-state index is 4.03. The number of rotatable bonds is 6. The van der Waals surface area contributed by atoms with Crippen LogP contribution in [0.2, 0.25) is 0 Å². The van der Waals surface area contributed by atoms with Crippen molar-refractivity contribution in [2.45, 2.75) is 32.6 Å². The van der Waals surface area contributed by atoms with E-state index in [9.17, 15) is 0 Å². The summed E-state index contributed by atoms with van der Waals surface area (Å²) in [5, 5.41) is 3.17. The zero-order valence-electron chi connectivity index (χ0n) is 6.19. The highest BCUT2D eigenvalue weighted by Gasteiger charge is 1.84. The molecule has 0 saturated heterocycles. The van der Waals surface area contributed by atoms with Gasteiger partial charge in [0.1, 0.15) is 0 Å². The molecule has 0 radical (unpaired) electrons. The third-order valence-corrected chi connectivity index (χ3v) is 1.54. The number of hydrogen-bond acceptors (Lipinski definition) is 2. The first-order chi connectivity index (χ1) is 4.41. The van der Waals surface area contributed by atoms with Crippen LogP contribution in [-0.2, 0) is 0 Å². The van der Waals surface area contributed by atoms with Gasteiger partial charge in [-0.15, -0.1) is 0 Å². The van der Waals surface area contributed by atoms with E-state index in [-0.39, 0.29) is 0 Å². The van der Waals surface area contributed by atoms with Gasteiger partial charge in [0.2, 0.25) is 0 Å². The first-order valence-corrected chi connectivity index (χ1v) is 4.36. The van der Waals surface area contributed by atoms with Crippen molar-refractivity contribution in [1.29, 1.82) is 0 Å². The van der Waals surface area contributed by atoms with E-state index in [1.165, 1.54) is 25.7 Å². The molecule has 1 nitrogen and oxygen atoms in total. The third kappa shape index (κ3) is 8.31. The largest absolute Gasteiger partial charge is 0.308 e. The summed E-state index contributed by atoms with van der Waals surface area (Å²) < 4.78 is 0. The Kier molecular flexibility index (Phi) is 8.60. The number of nitrogens with one attached hydrogen (secondary N) is 1. The van der Waals surface area contributed by atoms with Crippen LogP contribution in [0.1, 0.15) is 32.6 Å². The van der Waals surface area contributed by atoms with Crippen LogP contribution in [0, 0.1) is 0 Å². The molecule has 0 aliphatic rings. The van der Waals surface area contributed by atoms with Crippen LogP contribution in [0.4, 0.5) is 0 Å². The van der Waals surface area contributed by atoms with Crippen LogP contribution in [0.5, 0.6) is 0 Å². The second-order valence-electron chi connectivity index (χ2n) is 2.22. The van der Waals surface area contributed by atoms with Gasteiger partial charge < -0.3 is 5.32 Å². The van der Waals surface area contributed by atoms with Crippen molar-refractivity contribution in [2.24, 2.45) is 0 Å². The molecule has 0 aromatic rings. The second-order valence-corrected chi connectivity index (χ2v) is 2.54. The molecule has 2 heteroatoms. The molecule has 0 heterocycles. The first kappa shape index (κ1) is 9.31. The monoisotopic (exact) mass is 147 g/mol. The van der Waals surface area contributed by atoms with Gasteiger partial charge in [0, 0.05) is 5.88 Å². The van der Waals surface area contributed by atoms with E-state index >= 15 is 0 Å². The molecule has 0 spiro atoms. The van der Waals surface area contributed by atoms with Gasteiger partial charge in [-0.25, -0.2) is 0 Å². The van der Waals surface area contributed by atoms with Crippen molar-refractivity contribution in [3.05, 3.63) is 0 Å². The van der Waals surface area contributed by atoms with Gasteiger partial charge in [-0.1, -0.05) is 26.2 Å². The maximum Gasteiger partial charge on any atom is 0.0387 e. The summed E-state index contributed by atoms with van der Waals surface area (Å²) in [6.45, 7) is 3.36. The maximum atomic E-state index is 4.03. The minimum Gasteiger partial charge on any atom is -0.308 e. The lowest BCUT2D eigenvalue weighted by molar-refractivity contribution is 0.630. The fourth-order valence-electron chi connectivity index (χ4n) is 0.756. The van der Waals surface area contributed by atoms with Gasteiger partial charge in [0.15, 0.2) is 0 Å². The van der Waals surface area contributed by atoms with Gasteiger partial charge in [-0.05, 0) is 13.0 Å². The molecule has 0 fully saturated rings. The van der Waals surface area contributed by atoms with Crippen LogP contribution in [-0.4, -0.2) is 12.4 Å². The van der Waals surface area contributed by atoms with Gasteiger partial charge in [-0.2, -0.15) is 12.6 Å². The van der Waals surface area contributed by atoms with Crippen molar-refractivity contribution in [1.82, 2.24) is 5.32 Å². The van der Waals surface area contributed by atoms with Crippen LogP contribution in [0.25, 0.3) is 0 Å². The normalized spacial score (nSPS) is 10.0. The summed E-state index contributed by atoms with van der Waals surface area (Å²) in [4.78, 5) is 0. The molecule has 0 aliphatic heterocycles. The van der Waals surface area contributed by atoms with Crippen LogP contribution < -0.4 is 5.32 Å². The molecular weight excluding hydrogens is 130 g/mol. The minimum absolute atomic E-state index is 0.812. The van der Waals surface area contributed by atoms with E-state index in [1.54, 1.807) is 0 Å². The Morgan fingerprint density at radius 2 is 2.00 bits per heavy atom. The van der Waals surface area contributed by atoms with Crippen molar-refractivity contribution in [3.63, 3.8) is 0 Å². The molecule has 56 valence electrons. The lowest BCUT2D eigenvalue weighted by Gasteiger charge is -1.98. The van der Waals surface area contributed by atoms with Gasteiger partial charge >= 0.3 is 0 Å². The summed E-state index contributed by atoms with van der Waals surface area (Å²) >= 11 is 4.03. The van der Waals surface area contributed by atoms with Crippen molar-refractivity contribution in [3.8, 4) is 0 Å². The third-order valence-electron chi connectivity index (χ3n) is 1.32. The molecule has 0 aromatic heterocycles. The fourth-order valence-corrected chi connectivity index (χ4v) is 0.914. The van der Waals surface area contributed by atoms with E-state index in [1.807, 2.05) is 0 Å². The zero-order valence-corrected chi connectivity index (χ0v) is 7.08. The van der Waals surface area contributed by atoms with E-state index in [2.05, 4.69) is 24.9 Å². The van der Waals surface area contributed by atoms with Crippen LogP contribution in [0.3, 0.4) is 0 Å². The molecule has 0 aromatic carbocycles. The quantitative estimate of drug-likeness (QED) is 0.333. The molecule has 0 unspecified atom stereocenters. The Bertz CT molecular complexity index is 42.2. The minimum atomic E-state index is 0.812. The van der Waals surface area contributed by atoms with Crippen molar-refractivity contribution >= 4 is 12.6 Å². The van der Waals surface area contributed by atoms with E-state index in [4.69, 9.17) is 0 Å². The molecule has 0 rings (SSSR count).